The minimum Gasteiger partial charge on any atom is -0.412 e. The van der Waals surface area contributed by atoms with Crippen molar-refractivity contribution in [1.82, 2.24) is 14.8 Å². The number of nitrogens with zero attached hydrogens (tertiary/aromatic N) is 2. The topological polar surface area (TPSA) is 104 Å². The first-order valence-electron chi connectivity index (χ1n) is 10.1. The van der Waals surface area contributed by atoms with E-state index in [1.807, 2.05) is 18.2 Å². The van der Waals surface area contributed by atoms with Crippen LogP contribution in [-0.4, -0.2) is 55.1 Å². The third-order valence-electron chi connectivity index (χ3n) is 5.72. The second-order valence-corrected chi connectivity index (χ2v) is 9.26. The summed E-state index contributed by atoms with van der Waals surface area (Å²) in [7, 11) is -4.03. The molecule has 2 atom stereocenters. The molecule has 0 spiro atoms. The van der Waals surface area contributed by atoms with Crippen molar-refractivity contribution in [3.8, 4) is 11.5 Å². The zero-order valence-corrected chi connectivity index (χ0v) is 17.9. The van der Waals surface area contributed by atoms with Crippen molar-refractivity contribution in [2.75, 3.05) is 19.6 Å². The Morgan fingerprint density at radius 3 is 2.50 bits per heavy atom. The van der Waals surface area contributed by atoms with Crippen molar-refractivity contribution < 1.29 is 22.3 Å². The zero-order valence-electron chi connectivity index (χ0n) is 17.1. The molecule has 1 saturated heterocycles. The summed E-state index contributed by atoms with van der Waals surface area (Å²) in [5, 5.41) is 5.63. The second-order valence-electron chi connectivity index (χ2n) is 8.11. The number of fused-ring (bicyclic) bond motifs is 5. The van der Waals surface area contributed by atoms with Gasteiger partial charge < -0.3 is 28.6 Å². The van der Waals surface area contributed by atoms with Crippen molar-refractivity contribution in [3.63, 3.8) is 0 Å². The van der Waals surface area contributed by atoms with Crippen LogP contribution in [0.3, 0.4) is 0 Å². The van der Waals surface area contributed by atoms with E-state index in [2.05, 4.69) is 40.8 Å². The fraction of sp³-hybridized carbons (Fsp3) is 0.429. The average molecular weight is 434 g/mol. The van der Waals surface area contributed by atoms with E-state index >= 15 is 0 Å². The van der Waals surface area contributed by atoms with Gasteiger partial charge in [-0.05, 0) is 45.0 Å². The van der Waals surface area contributed by atoms with E-state index < -0.39 is 10.4 Å². The van der Waals surface area contributed by atoms with Crippen molar-refractivity contribution >= 4 is 32.2 Å². The number of rotatable bonds is 4. The van der Waals surface area contributed by atoms with Gasteiger partial charge >= 0.3 is 10.4 Å². The molecule has 3 N–H and O–H groups in total. The Morgan fingerprint density at radius 2 is 1.73 bits per heavy atom. The highest BCUT2D eigenvalue weighted by molar-refractivity contribution is 7.82. The van der Waals surface area contributed by atoms with Crippen LogP contribution in [0.15, 0.2) is 36.4 Å². The number of hydrogen-bond acceptors (Lipinski definition) is 6. The number of benzene rings is 2. The second kappa shape index (κ2) is 7.73. The molecule has 0 radical (unpaired) electrons. The Kier molecular flexibility index (Phi) is 5.39. The van der Waals surface area contributed by atoms with E-state index in [1.165, 1.54) is 0 Å². The first-order valence-corrected chi connectivity index (χ1v) is 11.4. The number of nitrogens with one attached hydrogen (secondary N) is 1. The molecule has 162 valence electrons. The van der Waals surface area contributed by atoms with Crippen LogP contribution in [0.4, 0.5) is 0 Å². The van der Waals surface area contributed by atoms with Gasteiger partial charge in [0.25, 0.3) is 0 Å². The maximum absolute atomic E-state index is 11.9. The molecule has 30 heavy (non-hydrogen) atoms. The zero-order chi connectivity index (χ0) is 20.2. The Labute approximate surface area is 176 Å². The number of piperazine rings is 1. The van der Waals surface area contributed by atoms with Crippen LogP contribution in [0.2, 0.25) is 0 Å². The molecule has 0 amide bonds. The van der Waals surface area contributed by atoms with Crippen LogP contribution in [0, 0.1) is 0 Å². The van der Waals surface area contributed by atoms with Gasteiger partial charge in [0, 0.05) is 48.0 Å². The van der Waals surface area contributed by atoms with Crippen LogP contribution >= 0.6 is 0 Å². The van der Waals surface area contributed by atoms with Crippen molar-refractivity contribution in [2.45, 2.75) is 38.9 Å². The molecule has 2 aliphatic heterocycles. The quantitative estimate of drug-likeness (QED) is 0.675. The van der Waals surface area contributed by atoms with Gasteiger partial charge in [-0.1, -0.05) is 18.2 Å². The lowest BCUT2D eigenvalue weighted by Gasteiger charge is -2.36. The van der Waals surface area contributed by atoms with Crippen LogP contribution in [0.1, 0.15) is 20.3 Å². The number of aryl methyl sites for hydroxylation is 1. The molecule has 1 aromatic heterocycles. The van der Waals surface area contributed by atoms with Crippen molar-refractivity contribution in [1.29, 1.82) is 0 Å². The maximum atomic E-state index is 11.9. The first kappa shape index (κ1) is 20.9. The fourth-order valence-electron chi connectivity index (χ4n) is 4.78. The van der Waals surface area contributed by atoms with Crippen molar-refractivity contribution in [3.05, 3.63) is 36.4 Å². The molecule has 0 saturated carbocycles. The molecular weight excluding hydrogens is 406 g/mol. The van der Waals surface area contributed by atoms with Gasteiger partial charge in [-0.3, -0.25) is 0 Å². The van der Waals surface area contributed by atoms with E-state index in [0.29, 0.717) is 17.8 Å². The molecule has 2 aliphatic rings. The molecule has 9 heteroatoms. The van der Waals surface area contributed by atoms with Crippen LogP contribution in [-0.2, 0) is 16.9 Å². The van der Waals surface area contributed by atoms with E-state index in [1.54, 1.807) is 6.07 Å². The van der Waals surface area contributed by atoms with E-state index in [4.69, 9.17) is 8.37 Å². The summed E-state index contributed by atoms with van der Waals surface area (Å²) in [6.07, 6.45) is 0.963. The van der Waals surface area contributed by atoms with Gasteiger partial charge in [0.2, 0.25) is 5.75 Å². The summed E-state index contributed by atoms with van der Waals surface area (Å²) < 4.78 is 36.1. The number of hydrogen-bond donors (Lipinski definition) is 1. The predicted molar refractivity (Wildman–Crippen MR) is 116 cm³/mol. The van der Waals surface area contributed by atoms with Gasteiger partial charge in [-0.25, -0.2) is 0 Å². The molecule has 3 heterocycles. The van der Waals surface area contributed by atoms with E-state index in [9.17, 15) is 8.42 Å². The molecule has 0 aliphatic carbocycles. The normalized spacial score (nSPS) is 23.0. The molecule has 2 aromatic carbocycles. The summed E-state index contributed by atoms with van der Waals surface area (Å²) in [6.45, 7) is 8.29. The Hall–Kier alpha value is -2.33. The summed E-state index contributed by atoms with van der Waals surface area (Å²) >= 11 is 0. The standard InChI is InChI=1S/C21H25N3O4S.H2O/c1-14-12-23(13-15(2)22-14)10-5-11-24-18-7-4-3-6-16(18)17-8-9-19-21(20(17)24)28-29(25,26)27-19;/h3-4,6-9,14-15,22H,5,10-13H2,1-2H3;1H2. The van der Waals surface area contributed by atoms with Crippen LogP contribution in [0.5, 0.6) is 11.5 Å². The Morgan fingerprint density at radius 1 is 1.00 bits per heavy atom. The Bertz CT molecular complexity index is 1180. The van der Waals surface area contributed by atoms with Crippen molar-refractivity contribution in [2.24, 2.45) is 0 Å². The molecule has 8 nitrogen and oxygen atoms in total. The summed E-state index contributed by atoms with van der Waals surface area (Å²) in [4.78, 5) is 2.49. The highest BCUT2D eigenvalue weighted by Crippen LogP contribution is 2.45. The van der Waals surface area contributed by atoms with Gasteiger partial charge in [0.1, 0.15) is 0 Å². The van der Waals surface area contributed by atoms with Gasteiger partial charge in [0.15, 0.2) is 5.75 Å². The maximum Gasteiger partial charge on any atom is 0.501 e. The highest BCUT2D eigenvalue weighted by Gasteiger charge is 2.32. The average Bonchev–Trinajstić information content (AvgIpc) is 3.14. The summed E-state index contributed by atoms with van der Waals surface area (Å²) in [5.41, 5.74) is 1.86. The molecular formula is C21H27N3O5S. The van der Waals surface area contributed by atoms with Gasteiger partial charge in [0.05, 0.1) is 5.52 Å². The van der Waals surface area contributed by atoms with Crippen LogP contribution < -0.4 is 13.7 Å². The first-order chi connectivity index (χ1) is 13.9. The van der Waals surface area contributed by atoms with Crippen LogP contribution in [0.25, 0.3) is 21.8 Å². The summed E-state index contributed by atoms with van der Waals surface area (Å²) in [6, 6.07) is 12.7. The number of aromatic nitrogens is 1. The minimum atomic E-state index is -4.03. The molecule has 3 aromatic rings. The minimum absolute atomic E-state index is 0. The third kappa shape index (κ3) is 3.62. The molecule has 2 unspecified atom stereocenters. The summed E-state index contributed by atoms with van der Waals surface area (Å²) in [5.74, 6) is 0.550. The van der Waals surface area contributed by atoms with E-state index in [-0.39, 0.29) is 11.2 Å². The van der Waals surface area contributed by atoms with E-state index in [0.717, 1.165) is 54.4 Å². The molecule has 5 rings (SSSR count). The lowest BCUT2D eigenvalue weighted by molar-refractivity contribution is 0.170. The third-order valence-corrected chi connectivity index (χ3v) is 6.47. The lowest BCUT2D eigenvalue weighted by atomic mass is 10.1. The molecule has 0 bridgehead atoms. The smallest absolute Gasteiger partial charge is 0.412 e. The van der Waals surface area contributed by atoms with Gasteiger partial charge in [-0.15, -0.1) is 8.42 Å². The monoisotopic (exact) mass is 433 g/mol. The fourth-order valence-corrected chi connectivity index (χ4v) is 5.53. The molecule has 1 fully saturated rings. The van der Waals surface area contributed by atoms with Gasteiger partial charge in [-0.2, -0.15) is 0 Å². The lowest BCUT2D eigenvalue weighted by Crippen LogP contribution is -2.54. The Balaban J connectivity index is 0.00000218. The highest BCUT2D eigenvalue weighted by atomic mass is 32.3. The SMILES string of the molecule is CC1CN(CCCn2c3ccccc3c3ccc4c(c32)OS(=O)(=O)O4)CC(C)N1.O. The largest absolute Gasteiger partial charge is 0.501 e. The number of para-hydroxylation sites is 1. The predicted octanol–water partition coefficient (Wildman–Crippen LogP) is 2.06.